The van der Waals surface area contributed by atoms with Crippen LogP contribution >= 0.6 is 12.1 Å². The molecule has 1 heterocycles. The Morgan fingerprint density at radius 1 is 1.54 bits per heavy atom. The fraction of sp³-hybridized carbons (Fsp3) is 1.00. The average Bonchev–Trinajstić information content (AvgIpc) is 1.97. The zero-order valence-corrected chi connectivity index (χ0v) is 9.07. The first-order valence-electron chi connectivity index (χ1n) is 5.14. The summed E-state index contributed by atoms with van der Waals surface area (Å²) in [7, 11) is 0. The van der Waals surface area contributed by atoms with Crippen molar-refractivity contribution in [1.82, 2.24) is 9.62 Å². The van der Waals surface area contributed by atoms with Gasteiger partial charge in [0.2, 0.25) is 0 Å². The fourth-order valence-electron chi connectivity index (χ4n) is 2.45. The molecular weight excluding hydrogens is 182 g/mol. The van der Waals surface area contributed by atoms with Crippen molar-refractivity contribution in [2.45, 2.75) is 32.2 Å². The van der Waals surface area contributed by atoms with E-state index in [0.717, 1.165) is 12.6 Å². The van der Waals surface area contributed by atoms with Crippen LogP contribution in [0.15, 0.2) is 0 Å². The lowest BCUT2D eigenvalue weighted by Crippen LogP contribution is -2.64. The molecule has 2 aliphatic rings. The molecule has 2 rings (SSSR count). The van der Waals surface area contributed by atoms with Gasteiger partial charge in [0, 0.05) is 37.8 Å². The summed E-state index contributed by atoms with van der Waals surface area (Å²) in [5.74, 6) is 0. The van der Waals surface area contributed by atoms with Crippen LogP contribution in [-0.2, 0) is 0 Å². The lowest BCUT2D eigenvalue weighted by Gasteiger charge is -2.56. The third kappa shape index (κ3) is 1.73. The summed E-state index contributed by atoms with van der Waals surface area (Å²) in [6.45, 7) is 5.81. The van der Waals surface area contributed by atoms with Crippen molar-refractivity contribution < 1.29 is 0 Å². The first-order valence-corrected chi connectivity index (χ1v) is 5.97. The highest BCUT2D eigenvalue weighted by Crippen LogP contribution is 2.47. The van der Waals surface area contributed by atoms with E-state index >= 15 is 0 Å². The van der Waals surface area contributed by atoms with Crippen LogP contribution in [0, 0.1) is 5.41 Å². The minimum atomic E-state index is 0.673. The highest BCUT2D eigenvalue weighted by molar-refractivity contribution is 7.94. The molecule has 0 aromatic heterocycles. The largest absolute Gasteiger partial charge is 0.316 e. The second-order valence-corrected chi connectivity index (χ2v) is 5.09. The van der Waals surface area contributed by atoms with Crippen molar-refractivity contribution >= 4 is 12.1 Å². The molecule has 1 saturated heterocycles. The van der Waals surface area contributed by atoms with Crippen LogP contribution < -0.4 is 10.5 Å². The van der Waals surface area contributed by atoms with Gasteiger partial charge in [-0.2, -0.15) is 0 Å². The van der Waals surface area contributed by atoms with E-state index in [1.54, 1.807) is 0 Å². The third-order valence-corrected chi connectivity index (χ3v) is 4.08. The van der Waals surface area contributed by atoms with Crippen molar-refractivity contribution in [3.8, 4) is 0 Å². The number of hydrogen-bond donors (Lipinski definition) is 2. The van der Waals surface area contributed by atoms with Crippen LogP contribution in [0.4, 0.5) is 0 Å². The van der Waals surface area contributed by atoms with Gasteiger partial charge in [-0.1, -0.05) is 6.92 Å². The summed E-state index contributed by atoms with van der Waals surface area (Å²) >= 11 is 1.43. The van der Waals surface area contributed by atoms with Crippen LogP contribution in [-0.4, -0.2) is 30.0 Å². The van der Waals surface area contributed by atoms with E-state index in [1.165, 1.54) is 44.5 Å². The molecule has 3 nitrogen and oxygen atoms in total. The van der Waals surface area contributed by atoms with E-state index < -0.39 is 0 Å². The predicted molar refractivity (Wildman–Crippen MR) is 57.1 cm³/mol. The van der Waals surface area contributed by atoms with E-state index in [1.807, 2.05) is 0 Å². The second-order valence-electron chi connectivity index (χ2n) is 4.41. The molecule has 4 heteroatoms. The predicted octanol–water partition coefficient (Wildman–Crippen LogP) is 0.972. The fourth-order valence-corrected chi connectivity index (χ4v) is 3.06. The minimum absolute atomic E-state index is 0.673. The SMILES string of the molecule is CCCN(SN)C1CC2(CNC2)C1. The number of nitrogens with two attached hydrogens (primary N) is 1. The van der Waals surface area contributed by atoms with Crippen molar-refractivity contribution in [1.29, 1.82) is 0 Å². The molecule has 1 aliphatic heterocycles. The van der Waals surface area contributed by atoms with Crippen LogP contribution in [0.2, 0.25) is 0 Å². The van der Waals surface area contributed by atoms with Gasteiger partial charge in [-0.3, -0.25) is 5.14 Å². The average molecular weight is 201 g/mol. The highest BCUT2D eigenvalue weighted by Gasteiger charge is 2.50. The van der Waals surface area contributed by atoms with E-state index in [2.05, 4.69) is 16.5 Å². The molecule has 13 heavy (non-hydrogen) atoms. The van der Waals surface area contributed by atoms with Gasteiger partial charge in [0.1, 0.15) is 0 Å². The van der Waals surface area contributed by atoms with Gasteiger partial charge in [-0.05, 0) is 24.7 Å². The zero-order valence-electron chi connectivity index (χ0n) is 8.25. The Balaban J connectivity index is 1.76. The lowest BCUT2D eigenvalue weighted by atomic mass is 9.61. The molecule has 0 amide bonds. The molecule has 0 atom stereocenters. The van der Waals surface area contributed by atoms with E-state index in [-0.39, 0.29) is 0 Å². The first-order chi connectivity index (χ1) is 6.29. The maximum atomic E-state index is 5.64. The molecular formula is C9H19N3S. The zero-order chi connectivity index (χ0) is 9.31. The highest BCUT2D eigenvalue weighted by atomic mass is 32.2. The van der Waals surface area contributed by atoms with Crippen molar-refractivity contribution in [2.24, 2.45) is 10.6 Å². The molecule has 0 bridgehead atoms. The Bertz CT molecular complexity index is 174. The van der Waals surface area contributed by atoms with Crippen LogP contribution in [0.1, 0.15) is 26.2 Å². The summed E-state index contributed by atoms with van der Waals surface area (Å²) in [6, 6.07) is 0.747. The summed E-state index contributed by atoms with van der Waals surface area (Å²) in [4.78, 5) is 0. The molecule has 0 aromatic carbocycles. The molecule has 2 fully saturated rings. The Kier molecular flexibility index (Phi) is 2.83. The summed E-state index contributed by atoms with van der Waals surface area (Å²) in [6.07, 6.45) is 3.90. The lowest BCUT2D eigenvalue weighted by molar-refractivity contribution is -0.00343. The summed E-state index contributed by atoms with van der Waals surface area (Å²) in [5.41, 5.74) is 0.673. The Labute approximate surface area is 84.7 Å². The molecule has 1 saturated carbocycles. The van der Waals surface area contributed by atoms with Gasteiger partial charge < -0.3 is 5.32 Å². The maximum absolute atomic E-state index is 5.64. The Morgan fingerprint density at radius 2 is 2.23 bits per heavy atom. The standard InChI is InChI=1S/C9H19N3S/c1-2-3-12(13-10)8-4-9(5-8)6-11-7-9/h8,11H,2-7,10H2,1H3. The number of hydrogen-bond acceptors (Lipinski definition) is 4. The van der Waals surface area contributed by atoms with Gasteiger partial charge in [0.25, 0.3) is 0 Å². The van der Waals surface area contributed by atoms with Crippen LogP contribution in [0.5, 0.6) is 0 Å². The molecule has 1 aliphatic carbocycles. The summed E-state index contributed by atoms with van der Waals surface area (Å²) < 4.78 is 2.35. The minimum Gasteiger partial charge on any atom is -0.316 e. The van der Waals surface area contributed by atoms with E-state index in [4.69, 9.17) is 5.14 Å². The van der Waals surface area contributed by atoms with Gasteiger partial charge in [-0.15, -0.1) is 0 Å². The van der Waals surface area contributed by atoms with Crippen LogP contribution in [0.3, 0.4) is 0 Å². The molecule has 76 valence electrons. The Hall–Kier alpha value is 0.230. The van der Waals surface area contributed by atoms with Gasteiger partial charge in [0.15, 0.2) is 0 Å². The normalized spacial score (nSPS) is 26.1. The second kappa shape index (κ2) is 3.77. The van der Waals surface area contributed by atoms with Crippen LogP contribution in [0.25, 0.3) is 0 Å². The maximum Gasteiger partial charge on any atom is 0.0227 e. The van der Waals surface area contributed by atoms with Gasteiger partial charge in [-0.25, -0.2) is 4.31 Å². The number of nitrogens with one attached hydrogen (secondary N) is 1. The number of rotatable bonds is 4. The molecule has 1 spiro atoms. The smallest absolute Gasteiger partial charge is 0.0227 e. The van der Waals surface area contributed by atoms with E-state index in [0.29, 0.717) is 5.41 Å². The molecule has 0 unspecified atom stereocenters. The van der Waals surface area contributed by atoms with E-state index in [9.17, 15) is 0 Å². The van der Waals surface area contributed by atoms with Crippen molar-refractivity contribution in [2.75, 3.05) is 19.6 Å². The quantitative estimate of drug-likeness (QED) is 0.665. The third-order valence-electron chi connectivity index (χ3n) is 3.32. The molecule has 0 aromatic rings. The topological polar surface area (TPSA) is 41.3 Å². The number of nitrogens with zero attached hydrogens (tertiary/aromatic N) is 1. The van der Waals surface area contributed by atoms with Gasteiger partial charge in [0.05, 0.1) is 0 Å². The van der Waals surface area contributed by atoms with Crippen molar-refractivity contribution in [3.05, 3.63) is 0 Å². The summed E-state index contributed by atoms with van der Waals surface area (Å²) in [5, 5.41) is 9.00. The molecule has 0 radical (unpaired) electrons. The Morgan fingerprint density at radius 3 is 2.62 bits per heavy atom. The molecule has 3 N–H and O–H groups in total. The monoisotopic (exact) mass is 201 g/mol. The van der Waals surface area contributed by atoms with Crippen molar-refractivity contribution in [3.63, 3.8) is 0 Å². The first kappa shape index (κ1) is 9.77. The van der Waals surface area contributed by atoms with Gasteiger partial charge >= 0.3 is 0 Å².